The summed E-state index contributed by atoms with van der Waals surface area (Å²) in [6.45, 7) is 0. The van der Waals surface area contributed by atoms with Crippen molar-refractivity contribution in [1.82, 2.24) is 10.2 Å². The lowest BCUT2D eigenvalue weighted by Crippen LogP contribution is -2.51. The fraction of sp³-hybridized carbons (Fsp3) is 0.615. The number of nitrogens with zero attached hydrogens (tertiary/aromatic N) is 1. The summed E-state index contributed by atoms with van der Waals surface area (Å²) in [5.41, 5.74) is 0. The molecule has 2 rings (SSSR count). The zero-order chi connectivity index (χ0) is 12.3. The molecule has 94 valence electrons. The molecule has 0 bridgehead atoms. The molecule has 1 aliphatic rings. The molecule has 1 N–H and O–H groups in total. The number of rotatable bonds is 3. The van der Waals surface area contributed by atoms with Crippen LogP contribution in [0.25, 0.3) is 0 Å². The number of hydrogen-bond acceptors (Lipinski definition) is 3. The van der Waals surface area contributed by atoms with Crippen LogP contribution in [0.1, 0.15) is 36.2 Å². The third-order valence-corrected chi connectivity index (χ3v) is 3.65. The molecule has 1 fully saturated rings. The number of furan rings is 1. The topological polar surface area (TPSA) is 45.5 Å². The molecule has 0 spiro atoms. The maximum atomic E-state index is 12.2. The van der Waals surface area contributed by atoms with Crippen LogP contribution in [-0.2, 0) is 0 Å². The Morgan fingerprint density at radius 3 is 2.88 bits per heavy atom. The van der Waals surface area contributed by atoms with Crippen molar-refractivity contribution in [3.05, 3.63) is 24.2 Å². The number of carbonyl (C=O) groups excluding carboxylic acids is 1. The van der Waals surface area contributed by atoms with Crippen molar-refractivity contribution in [3.63, 3.8) is 0 Å². The minimum atomic E-state index is -0.0258. The Bertz CT molecular complexity index is 362. The zero-order valence-corrected chi connectivity index (χ0v) is 10.5. The van der Waals surface area contributed by atoms with E-state index in [1.54, 1.807) is 12.1 Å². The molecule has 0 saturated heterocycles. The minimum absolute atomic E-state index is 0.0258. The Labute approximate surface area is 102 Å². The number of hydrogen-bond donors (Lipinski definition) is 1. The summed E-state index contributed by atoms with van der Waals surface area (Å²) in [6, 6.07) is 4.13. The van der Waals surface area contributed by atoms with Gasteiger partial charge >= 0.3 is 0 Å². The summed E-state index contributed by atoms with van der Waals surface area (Å²) in [5, 5.41) is 3.31. The Morgan fingerprint density at radius 2 is 2.24 bits per heavy atom. The monoisotopic (exact) mass is 236 g/mol. The standard InChI is InChI=1S/C13H20N2O2/c1-14-10-6-3-4-7-11(10)15(2)13(16)12-8-5-9-17-12/h5,8-11,14H,3-4,6-7H2,1-2H3/t10-,11-/m1/s1. The van der Waals surface area contributed by atoms with Crippen molar-refractivity contribution in [2.45, 2.75) is 37.8 Å². The lowest BCUT2D eigenvalue weighted by Gasteiger charge is -2.37. The van der Waals surface area contributed by atoms with Gasteiger partial charge in [0.2, 0.25) is 0 Å². The van der Waals surface area contributed by atoms with Gasteiger partial charge in [-0.3, -0.25) is 4.79 Å². The molecule has 0 radical (unpaired) electrons. The Balaban J connectivity index is 2.07. The largest absolute Gasteiger partial charge is 0.459 e. The Hall–Kier alpha value is -1.29. The molecule has 4 nitrogen and oxygen atoms in total. The van der Waals surface area contributed by atoms with Crippen LogP contribution in [0.5, 0.6) is 0 Å². The fourth-order valence-corrected chi connectivity index (χ4v) is 2.64. The molecule has 17 heavy (non-hydrogen) atoms. The van der Waals surface area contributed by atoms with Gasteiger partial charge in [-0.05, 0) is 32.0 Å². The predicted octanol–water partition coefficient (Wildman–Crippen LogP) is 1.88. The summed E-state index contributed by atoms with van der Waals surface area (Å²) < 4.78 is 5.16. The van der Waals surface area contributed by atoms with Crippen molar-refractivity contribution in [3.8, 4) is 0 Å². The zero-order valence-electron chi connectivity index (χ0n) is 10.5. The molecule has 0 unspecified atom stereocenters. The second-order valence-corrected chi connectivity index (χ2v) is 4.64. The van der Waals surface area contributed by atoms with E-state index in [0.717, 1.165) is 12.8 Å². The predicted molar refractivity (Wildman–Crippen MR) is 65.9 cm³/mol. The normalized spacial score (nSPS) is 24.6. The summed E-state index contributed by atoms with van der Waals surface area (Å²) in [6.07, 6.45) is 6.17. The molecule has 0 aliphatic heterocycles. The van der Waals surface area contributed by atoms with Crippen LogP contribution in [0.3, 0.4) is 0 Å². The minimum Gasteiger partial charge on any atom is -0.459 e. The van der Waals surface area contributed by atoms with Gasteiger partial charge in [0.15, 0.2) is 5.76 Å². The van der Waals surface area contributed by atoms with E-state index in [1.165, 1.54) is 19.1 Å². The summed E-state index contributed by atoms with van der Waals surface area (Å²) in [4.78, 5) is 14.0. The fourth-order valence-electron chi connectivity index (χ4n) is 2.64. The smallest absolute Gasteiger partial charge is 0.289 e. The highest BCUT2D eigenvalue weighted by atomic mass is 16.3. The highest BCUT2D eigenvalue weighted by Gasteiger charge is 2.30. The van der Waals surface area contributed by atoms with Crippen molar-refractivity contribution < 1.29 is 9.21 Å². The number of nitrogens with one attached hydrogen (secondary N) is 1. The third kappa shape index (κ3) is 2.52. The van der Waals surface area contributed by atoms with E-state index in [-0.39, 0.29) is 11.9 Å². The highest BCUT2D eigenvalue weighted by Crippen LogP contribution is 2.23. The SMILES string of the molecule is CN[C@@H]1CCCC[C@H]1N(C)C(=O)c1ccco1. The molecule has 1 aliphatic carbocycles. The Morgan fingerprint density at radius 1 is 1.47 bits per heavy atom. The second-order valence-electron chi connectivity index (χ2n) is 4.64. The van der Waals surface area contributed by atoms with E-state index < -0.39 is 0 Å². The summed E-state index contributed by atoms with van der Waals surface area (Å²) in [5.74, 6) is 0.398. The first kappa shape index (κ1) is 12.2. The van der Waals surface area contributed by atoms with E-state index in [0.29, 0.717) is 11.8 Å². The van der Waals surface area contributed by atoms with Gasteiger partial charge in [-0.1, -0.05) is 12.8 Å². The Kier molecular flexibility index (Phi) is 3.84. The van der Waals surface area contributed by atoms with Crippen LogP contribution < -0.4 is 5.32 Å². The van der Waals surface area contributed by atoms with Gasteiger partial charge in [0, 0.05) is 19.1 Å². The van der Waals surface area contributed by atoms with Crippen molar-refractivity contribution in [2.24, 2.45) is 0 Å². The average molecular weight is 236 g/mol. The number of carbonyl (C=O) groups is 1. The van der Waals surface area contributed by atoms with Gasteiger partial charge < -0.3 is 14.6 Å². The van der Waals surface area contributed by atoms with Crippen molar-refractivity contribution >= 4 is 5.91 Å². The molecule has 4 heteroatoms. The molecule has 1 amide bonds. The van der Waals surface area contributed by atoms with Crippen LogP contribution >= 0.6 is 0 Å². The van der Waals surface area contributed by atoms with Crippen LogP contribution in [0.2, 0.25) is 0 Å². The molecule has 2 atom stereocenters. The van der Waals surface area contributed by atoms with E-state index in [4.69, 9.17) is 4.42 Å². The lowest BCUT2D eigenvalue weighted by atomic mass is 9.89. The van der Waals surface area contributed by atoms with Gasteiger partial charge in [-0.2, -0.15) is 0 Å². The molecule has 1 aromatic heterocycles. The van der Waals surface area contributed by atoms with Crippen LogP contribution in [0.4, 0.5) is 0 Å². The van der Waals surface area contributed by atoms with Crippen LogP contribution in [-0.4, -0.2) is 37.0 Å². The van der Waals surface area contributed by atoms with Crippen LogP contribution in [0, 0.1) is 0 Å². The highest BCUT2D eigenvalue weighted by molar-refractivity contribution is 5.91. The number of likely N-dealkylation sites (N-methyl/N-ethyl adjacent to an activating group) is 2. The van der Waals surface area contributed by atoms with E-state index in [9.17, 15) is 4.79 Å². The van der Waals surface area contributed by atoms with Crippen molar-refractivity contribution in [1.29, 1.82) is 0 Å². The first-order chi connectivity index (χ1) is 8.24. The molecule has 1 saturated carbocycles. The molecular weight excluding hydrogens is 216 g/mol. The van der Waals surface area contributed by atoms with E-state index in [1.807, 2.05) is 19.0 Å². The molecule has 1 aromatic rings. The van der Waals surface area contributed by atoms with Gasteiger partial charge in [-0.15, -0.1) is 0 Å². The molecular formula is C13H20N2O2. The van der Waals surface area contributed by atoms with Gasteiger partial charge in [0.1, 0.15) is 0 Å². The van der Waals surface area contributed by atoms with Gasteiger partial charge in [0.25, 0.3) is 5.91 Å². The quantitative estimate of drug-likeness (QED) is 0.871. The van der Waals surface area contributed by atoms with Gasteiger partial charge in [0.05, 0.1) is 6.26 Å². The maximum Gasteiger partial charge on any atom is 0.289 e. The van der Waals surface area contributed by atoms with Crippen LogP contribution in [0.15, 0.2) is 22.8 Å². The number of amides is 1. The maximum absolute atomic E-state index is 12.2. The average Bonchev–Trinajstić information content (AvgIpc) is 2.90. The first-order valence-electron chi connectivity index (χ1n) is 6.22. The second kappa shape index (κ2) is 5.36. The first-order valence-corrected chi connectivity index (χ1v) is 6.22. The summed E-state index contributed by atoms with van der Waals surface area (Å²) in [7, 11) is 3.83. The van der Waals surface area contributed by atoms with Gasteiger partial charge in [-0.25, -0.2) is 0 Å². The van der Waals surface area contributed by atoms with Crippen molar-refractivity contribution in [2.75, 3.05) is 14.1 Å². The molecule has 0 aromatic carbocycles. The van der Waals surface area contributed by atoms with E-state index in [2.05, 4.69) is 5.32 Å². The lowest BCUT2D eigenvalue weighted by molar-refractivity contribution is 0.0623. The third-order valence-electron chi connectivity index (χ3n) is 3.65. The van der Waals surface area contributed by atoms with E-state index >= 15 is 0 Å². The molecule has 1 heterocycles. The summed E-state index contributed by atoms with van der Waals surface area (Å²) >= 11 is 0.